The highest BCUT2D eigenvalue weighted by Crippen LogP contribution is 2.13. The van der Waals surface area contributed by atoms with Gasteiger partial charge in [0.2, 0.25) is 6.10 Å². The van der Waals surface area contributed by atoms with Crippen LogP contribution in [-0.4, -0.2) is 75.3 Å². The number of carbonyl (C=O) groups excluding carboxylic acids is 1. The SMILES string of the molecule is NCCCCC(OC(=O)NC(CCC(=O)O)C(=O)O)C(=O)O.O=C(O)C(F)(F)F. The third kappa shape index (κ3) is 15.6. The van der Waals surface area contributed by atoms with Crippen molar-refractivity contribution in [2.24, 2.45) is 5.73 Å². The van der Waals surface area contributed by atoms with Crippen LogP contribution in [0.25, 0.3) is 0 Å². The van der Waals surface area contributed by atoms with Crippen LogP contribution in [0.1, 0.15) is 32.1 Å². The van der Waals surface area contributed by atoms with Crippen LogP contribution >= 0.6 is 0 Å². The number of aliphatic carboxylic acids is 4. The van der Waals surface area contributed by atoms with Crippen LogP contribution in [0.4, 0.5) is 18.0 Å². The van der Waals surface area contributed by atoms with Crippen LogP contribution in [0, 0.1) is 0 Å². The minimum Gasteiger partial charge on any atom is -0.481 e. The second kappa shape index (κ2) is 14.0. The number of unbranched alkanes of at least 4 members (excludes halogenated alkanes) is 1. The van der Waals surface area contributed by atoms with Crippen molar-refractivity contribution in [1.29, 1.82) is 0 Å². The van der Waals surface area contributed by atoms with Gasteiger partial charge >= 0.3 is 36.1 Å². The first-order valence-electron chi connectivity index (χ1n) is 7.87. The van der Waals surface area contributed by atoms with Crippen LogP contribution in [0.2, 0.25) is 0 Å². The second-order valence-electron chi connectivity index (χ2n) is 5.29. The zero-order valence-electron chi connectivity index (χ0n) is 14.8. The predicted octanol–water partition coefficient (Wildman–Crippen LogP) is 0.246. The quantitative estimate of drug-likeness (QED) is 0.242. The van der Waals surface area contributed by atoms with Gasteiger partial charge in [-0.3, -0.25) is 4.79 Å². The Morgan fingerprint density at radius 1 is 0.931 bits per heavy atom. The van der Waals surface area contributed by atoms with E-state index in [2.05, 4.69) is 4.74 Å². The molecular weight excluding hydrogens is 413 g/mol. The largest absolute Gasteiger partial charge is 0.490 e. The third-order valence-electron chi connectivity index (χ3n) is 2.92. The van der Waals surface area contributed by atoms with Gasteiger partial charge in [-0.2, -0.15) is 13.2 Å². The van der Waals surface area contributed by atoms with Crippen molar-refractivity contribution in [3.05, 3.63) is 0 Å². The fourth-order valence-corrected chi connectivity index (χ4v) is 1.54. The van der Waals surface area contributed by atoms with Crippen molar-refractivity contribution in [1.82, 2.24) is 5.32 Å². The monoisotopic (exact) mass is 434 g/mol. The lowest BCUT2D eigenvalue weighted by Crippen LogP contribution is -2.43. The molecule has 0 aromatic heterocycles. The van der Waals surface area contributed by atoms with Crippen molar-refractivity contribution in [2.45, 2.75) is 50.4 Å². The molecule has 0 aliphatic heterocycles. The maximum Gasteiger partial charge on any atom is 0.490 e. The number of halogens is 3. The summed E-state index contributed by atoms with van der Waals surface area (Å²) in [7, 11) is 0. The molecule has 1 amide bonds. The van der Waals surface area contributed by atoms with Crippen molar-refractivity contribution in [3.8, 4) is 0 Å². The molecule has 12 nitrogen and oxygen atoms in total. The Labute approximate surface area is 161 Å². The van der Waals surface area contributed by atoms with E-state index in [1.165, 1.54) is 0 Å². The number of carboxylic acids is 4. The minimum atomic E-state index is -5.08. The Bertz CT molecular complexity index is 582. The molecule has 0 rings (SSSR count). The molecule has 2 unspecified atom stereocenters. The molecule has 0 aliphatic carbocycles. The summed E-state index contributed by atoms with van der Waals surface area (Å²) >= 11 is 0. The number of amides is 1. The molecule has 0 fully saturated rings. The van der Waals surface area contributed by atoms with Gasteiger partial charge in [-0.05, 0) is 32.2 Å². The summed E-state index contributed by atoms with van der Waals surface area (Å²) in [5.41, 5.74) is 5.27. The summed E-state index contributed by atoms with van der Waals surface area (Å²) in [6.07, 6.45) is -7.49. The first-order chi connectivity index (χ1) is 13.2. The Kier molecular flexibility index (Phi) is 13.5. The summed E-state index contributed by atoms with van der Waals surface area (Å²) in [4.78, 5) is 52.6. The van der Waals surface area contributed by atoms with Gasteiger partial charge in [0, 0.05) is 6.42 Å². The lowest BCUT2D eigenvalue weighted by atomic mass is 10.1. The minimum absolute atomic E-state index is 0.0484. The summed E-state index contributed by atoms with van der Waals surface area (Å²) < 4.78 is 36.4. The number of carboxylic acid groups (broad SMARTS) is 4. The van der Waals surface area contributed by atoms with Gasteiger partial charge < -0.3 is 36.2 Å². The zero-order valence-corrected chi connectivity index (χ0v) is 14.8. The van der Waals surface area contributed by atoms with Crippen LogP contribution < -0.4 is 11.1 Å². The molecule has 0 spiro atoms. The number of nitrogens with two attached hydrogens (primary N) is 1. The molecule has 0 aliphatic rings. The molecule has 29 heavy (non-hydrogen) atoms. The van der Waals surface area contributed by atoms with Crippen LogP contribution in [0.15, 0.2) is 0 Å². The van der Waals surface area contributed by atoms with Crippen molar-refractivity contribution in [3.63, 3.8) is 0 Å². The average Bonchev–Trinajstić information content (AvgIpc) is 2.56. The Morgan fingerprint density at radius 2 is 1.45 bits per heavy atom. The van der Waals surface area contributed by atoms with Gasteiger partial charge in [-0.1, -0.05) is 0 Å². The van der Waals surface area contributed by atoms with E-state index in [1.54, 1.807) is 0 Å². The van der Waals surface area contributed by atoms with E-state index in [4.69, 9.17) is 31.0 Å². The third-order valence-corrected chi connectivity index (χ3v) is 2.92. The van der Waals surface area contributed by atoms with E-state index >= 15 is 0 Å². The van der Waals surface area contributed by atoms with Crippen molar-refractivity contribution < 1.29 is 62.3 Å². The molecule has 0 aromatic carbocycles. The summed E-state index contributed by atoms with van der Waals surface area (Å²) in [6, 6.07) is -1.47. The number of carbonyl (C=O) groups is 5. The number of hydrogen-bond donors (Lipinski definition) is 6. The first kappa shape index (κ1) is 28.1. The Hall–Kier alpha value is -3.10. The van der Waals surface area contributed by atoms with Gasteiger partial charge in [0.15, 0.2) is 0 Å². The fraction of sp³-hybridized carbons (Fsp3) is 0.643. The average molecular weight is 434 g/mol. The summed E-state index contributed by atoms with van der Waals surface area (Å²) in [5.74, 6) is -6.77. The lowest BCUT2D eigenvalue weighted by Gasteiger charge is -2.17. The van der Waals surface area contributed by atoms with Gasteiger partial charge in [0.1, 0.15) is 6.04 Å². The van der Waals surface area contributed by atoms with E-state index < -0.39 is 54.7 Å². The number of alkyl halides is 3. The maximum atomic E-state index is 11.5. The fourth-order valence-electron chi connectivity index (χ4n) is 1.54. The molecule has 0 radical (unpaired) electrons. The molecule has 2 atom stereocenters. The van der Waals surface area contributed by atoms with Crippen LogP contribution in [0.5, 0.6) is 0 Å². The summed E-state index contributed by atoms with van der Waals surface area (Å²) in [6.45, 7) is 0.370. The van der Waals surface area contributed by atoms with E-state index in [1.807, 2.05) is 5.32 Å². The highest BCUT2D eigenvalue weighted by molar-refractivity contribution is 5.82. The molecule has 0 aromatic rings. The standard InChI is InChI=1S/C12H20N2O8.C2HF3O2/c13-6-2-1-3-8(11(19)20)22-12(21)14-7(10(17)18)4-5-9(15)16;3-2(4,5)1(6)7/h7-8H,1-6,13H2,(H,14,21)(H,15,16)(H,17,18)(H,19,20);(H,6,7). The van der Waals surface area contributed by atoms with Crippen molar-refractivity contribution >= 4 is 30.0 Å². The molecular formula is C14H21F3N2O10. The lowest BCUT2D eigenvalue weighted by molar-refractivity contribution is -0.192. The topological polar surface area (TPSA) is 214 Å². The van der Waals surface area contributed by atoms with Crippen LogP contribution in [0.3, 0.4) is 0 Å². The van der Waals surface area contributed by atoms with E-state index in [9.17, 15) is 32.3 Å². The first-order valence-corrected chi connectivity index (χ1v) is 7.87. The number of ether oxygens (including phenoxy) is 1. The molecule has 7 N–H and O–H groups in total. The molecule has 0 bridgehead atoms. The zero-order chi connectivity index (χ0) is 23.2. The van der Waals surface area contributed by atoms with Crippen molar-refractivity contribution in [2.75, 3.05) is 6.54 Å². The summed E-state index contributed by atoms with van der Waals surface area (Å²) in [5, 5.41) is 35.3. The van der Waals surface area contributed by atoms with Gasteiger partial charge in [0.25, 0.3) is 0 Å². The number of alkyl carbamates (subject to hydrolysis) is 1. The molecule has 0 heterocycles. The predicted molar refractivity (Wildman–Crippen MR) is 85.9 cm³/mol. The number of rotatable bonds is 11. The highest BCUT2D eigenvalue weighted by atomic mass is 19.4. The Balaban J connectivity index is 0. The molecule has 0 saturated carbocycles. The number of hydrogen-bond acceptors (Lipinski definition) is 7. The second-order valence-corrected chi connectivity index (χ2v) is 5.29. The highest BCUT2D eigenvalue weighted by Gasteiger charge is 2.38. The molecule has 0 saturated heterocycles. The van der Waals surface area contributed by atoms with Crippen LogP contribution in [-0.2, 0) is 23.9 Å². The smallest absolute Gasteiger partial charge is 0.481 e. The normalized spacial score (nSPS) is 12.6. The molecule has 168 valence electrons. The van der Waals surface area contributed by atoms with E-state index in [0.717, 1.165) is 0 Å². The van der Waals surface area contributed by atoms with Gasteiger partial charge in [-0.25, -0.2) is 19.2 Å². The van der Waals surface area contributed by atoms with E-state index in [-0.39, 0.29) is 12.8 Å². The maximum absolute atomic E-state index is 11.5. The van der Waals surface area contributed by atoms with Gasteiger partial charge in [-0.15, -0.1) is 0 Å². The van der Waals surface area contributed by atoms with E-state index in [0.29, 0.717) is 19.4 Å². The molecule has 15 heteroatoms. The Morgan fingerprint density at radius 3 is 1.79 bits per heavy atom. The number of nitrogens with one attached hydrogen (secondary N) is 1. The van der Waals surface area contributed by atoms with Gasteiger partial charge in [0.05, 0.1) is 0 Å².